The molecular formula is C18H19F2N7O. The second kappa shape index (κ2) is 7.47. The molecule has 3 N–H and O–H groups in total. The zero-order valence-corrected chi connectivity index (χ0v) is 15.0. The summed E-state index contributed by atoms with van der Waals surface area (Å²) in [4.78, 5) is 18.7. The molecule has 0 aliphatic carbocycles. The number of halogens is 2. The second-order valence-corrected chi connectivity index (χ2v) is 6.63. The minimum absolute atomic E-state index is 0.143. The third kappa shape index (κ3) is 3.38. The molecule has 1 aliphatic heterocycles. The van der Waals surface area contributed by atoms with Gasteiger partial charge in [-0.15, -0.1) is 0 Å². The molecule has 0 radical (unpaired) electrons. The summed E-state index contributed by atoms with van der Waals surface area (Å²) in [5.41, 5.74) is 5.38. The van der Waals surface area contributed by atoms with Crippen molar-refractivity contribution in [2.45, 2.75) is 25.3 Å². The van der Waals surface area contributed by atoms with E-state index in [9.17, 15) is 13.6 Å². The lowest BCUT2D eigenvalue weighted by atomic mass is 9.96. The van der Waals surface area contributed by atoms with Crippen molar-refractivity contribution in [3.8, 4) is 5.69 Å². The van der Waals surface area contributed by atoms with Gasteiger partial charge < -0.3 is 10.6 Å². The minimum Gasteiger partial charge on any atom is -0.337 e. The Morgan fingerprint density at radius 1 is 1.21 bits per heavy atom. The van der Waals surface area contributed by atoms with Crippen LogP contribution in [0, 0.1) is 11.6 Å². The molecule has 0 bridgehead atoms. The highest BCUT2D eigenvalue weighted by Crippen LogP contribution is 2.26. The summed E-state index contributed by atoms with van der Waals surface area (Å²) in [5.74, 6) is -0.249. The summed E-state index contributed by atoms with van der Waals surface area (Å²) in [6.07, 6.45) is 2.82. The first kappa shape index (κ1) is 18.2. The van der Waals surface area contributed by atoms with Crippen LogP contribution in [0.25, 0.3) is 5.69 Å². The molecule has 0 unspecified atom stereocenters. The number of benzene rings is 1. The van der Waals surface area contributed by atoms with Crippen LogP contribution in [0.4, 0.5) is 8.78 Å². The highest BCUT2D eigenvalue weighted by molar-refractivity contribution is 5.92. The Bertz CT molecular complexity index is 971. The summed E-state index contributed by atoms with van der Waals surface area (Å²) >= 11 is 0. The molecule has 1 saturated heterocycles. The smallest absolute Gasteiger partial charge is 0.274 e. The Morgan fingerprint density at radius 2 is 1.93 bits per heavy atom. The van der Waals surface area contributed by atoms with Gasteiger partial charge in [-0.05, 0) is 31.0 Å². The van der Waals surface area contributed by atoms with Crippen molar-refractivity contribution in [2.75, 3.05) is 13.1 Å². The van der Waals surface area contributed by atoms with E-state index in [-0.39, 0.29) is 23.2 Å². The Kier molecular flexibility index (Phi) is 4.86. The standard InChI is InChI=1S/C18H19F2N7O/c19-12-2-1-3-13(20)16(12)27-9-6-14(25-27)18(28)26-7-4-11(5-8-26)17-22-15(10-21)23-24-17/h1-3,6,9,11H,4-5,7-8,10,21H2,(H,22,23,24). The van der Waals surface area contributed by atoms with E-state index in [0.29, 0.717) is 31.3 Å². The maximum Gasteiger partial charge on any atom is 0.274 e. The predicted molar refractivity (Wildman–Crippen MR) is 95.6 cm³/mol. The average molecular weight is 387 g/mol. The number of carbonyl (C=O) groups is 1. The molecule has 28 heavy (non-hydrogen) atoms. The van der Waals surface area contributed by atoms with Crippen molar-refractivity contribution in [2.24, 2.45) is 5.73 Å². The number of amides is 1. The molecule has 1 aliphatic rings. The maximum absolute atomic E-state index is 13.9. The van der Waals surface area contributed by atoms with Gasteiger partial charge in [-0.25, -0.2) is 18.4 Å². The topological polar surface area (TPSA) is 106 Å². The second-order valence-electron chi connectivity index (χ2n) is 6.63. The van der Waals surface area contributed by atoms with Crippen molar-refractivity contribution in [3.05, 3.63) is 59.4 Å². The fourth-order valence-electron chi connectivity index (χ4n) is 3.36. The first-order chi connectivity index (χ1) is 13.6. The number of hydrogen-bond donors (Lipinski definition) is 2. The molecule has 146 valence electrons. The van der Waals surface area contributed by atoms with E-state index in [1.807, 2.05) is 0 Å². The van der Waals surface area contributed by atoms with Gasteiger partial charge in [-0.2, -0.15) is 10.2 Å². The first-order valence-electron chi connectivity index (χ1n) is 8.97. The van der Waals surface area contributed by atoms with Crippen LogP contribution in [-0.2, 0) is 6.54 Å². The highest BCUT2D eigenvalue weighted by Gasteiger charge is 2.28. The van der Waals surface area contributed by atoms with Crippen LogP contribution in [0.3, 0.4) is 0 Å². The zero-order chi connectivity index (χ0) is 19.7. The molecule has 1 amide bonds. The zero-order valence-electron chi connectivity index (χ0n) is 15.0. The lowest BCUT2D eigenvalue weighted by molar-refractivity contribution is 0.0704. The molecule has 0 saturated carbocycles. The van der Waals surface area contributed by atoms with E-state index < -0.39 is 11.6 Å². The molecular weight excluding hydrogens is 368 g/mol. The molecule has 2 aromatic heterocycles. The van der Waals surface area contributed by atoms with Gasteiger partial charge in [0, 0.05) is 25.2 Å². The largest absolute Gasteiger partial charge is 0.337 e. The lowest BCUT2D eigenvalue weighted by Crippen LogP contribution is -2.38. The number of carbonyl (C=O) groups excluding carboxylic acids is 1. The highest BCUT2D eigenvalue weighted by atomic mass is 19.1. The van der Waals surface area contributed by atoms with Crippen LogP contribution in [0.15, 0.2) is 30.5 Å². The molecule has 4 rings (SSSR count). The van der Waals surface area contributed by atoms with E-state index in [1.54, 1.807) is 4.90 Å². The molecule has 0 spiro atoms. The number of aromatic nitrogens is 5. The molecule has 3 aromatic rings. The van der Waals surface area contributed by atoms with Crippen LogP contribution in [0.5, 0.6) is 0 Å². The summed E-state index contributed by atoms with van der Waals surface area (Å²) < 4.78 is 28.9. The fraction of sp³-hybridized carbons (Fsp3) is 0.333. The molecule has 1 aromatic carbocycles. The van der Waals surface area contributed by atoms with Gasteiger partial charge in [0.1, 0.15) is 11.5 Å². The van der Waals surface area contributed by atoms with Crippen LogP contribution in [0.1, 0.15) is 40.9 Å². The van der Waals surface area contributed by atoms with E-state index in [2.05, 4.69) is 20.3 Å². The number of likely N-dealkylation sites (tertiary alicyclic amines) is 1. The number of aromatic amines is 1. The van der Waals surface area contributed by atoms with E-state index in [0.717, 1.165) is 29.7 Å². The normalized spacial score (nSPS) is 15.2. The van der Waals surface area contributed by atoms with Crippen LogP contribution in [-0.4, -0.2) is 48.9 Å². The van der Waals surface area contributed by atoms with Gasteiger partial charge in [0.05, 0.1) is 6.54 Å². The van der Waals surface area contributed by atoms with Gasteiger partial charge in [-0.1, -0.05) is 6.07 Å². The number of nitrogens with zero attached hydrogens (tertiary/aromatic N) is 5. The molecule has 8 nitrogen and oxygen atoms in total. The van der Waals surface area contributed by atoms with E-state index >= 15 is 0 Å². The van der Waals surface area contributed by atoms with Gasteiger partial charge in [-0.3, -0.25) is 9.89 Å². The Labute approximate surface area is 159 Å². The van der Waals surface area contributed by atoms with Crippen LogP contribution < -0.4 is 5.73 Å². The third-order valence-electron chi connectivity index (χ3n) is 4.86. The average Bonchev–Trinajstić information content (AvgIpc) is 3.37. The number of nitrogens with one attached hydrogen (secondary N) is 1. The number of H-pyrrole nitrogens is 1. The molecule has 0 atom stereocenters. The number of nitrogens with two attached hydrogens (primary N) is 1. The Hall–Kier alpha value is -3.14. The number of hydrogen-bond acceptors (Lipinski definition) is 5. The van der Waals surface area contributed by atoms with Gasteiger partial charge in [0.25, 0.3) is 5.91 Å². The summed E-state index contributed by atoms with van der Waals surface area (Å²) in [5, 5.41) is 11.1. The minimum atomic E-state index is -0.744. The monoisotopic (exact) mass is 387 g/mol. The lowest BCUT2D eigenvalue weighted by Gasteiger charge is -2.30. The van der Waals surface area contributed by atoms with Crippen molar-refractivity contribution in [1.29, 1.82) is 0 Å². The molecule has 3 heterocycles. The number of piperidine rings is 1. The van der Waals surface area contributed by atoms with Gasteiger partial charge in [0.2, 0.25) is 0 Å². The SMILES string of the molecule is NCc1nc(C2CCN(C(=O)c3ccn(-c4c(F)cccc4F)n3)CC2)n[nH]1. The van der Waals surface area contributed by atoms with Crippen molar-refractivity contribution < 1.29 is 13.6 Å². The van der Waals surface area contributed by atoms with Crippen LogP contribution >= 0.6 is 0 Å². The van der Waals surface area contributed by atoms with E-state index in [1.165, 1.54) is 18.3 Å². The van der Waals surface area contributed by atoms with Crippen LogP contribution in [0.2, 0.25) is 0 Å². The maximum atomic E-state index is 13.9. The molecule has 10 heteroatoms. The fourth-order valence-corrected chi connectivity index (χ4v) is 3.36. The predicted octanol–water partition coefficient (Wildman–Crippen LogP) is 1.75. The number of rotatable bonds is 4. The molecule has 1 fully saturated rings. The van der Waals surface area contributed by atoms with Crippen molar-refractivity contribution >= 4 is 5.91 Å². The van der Waals surface area contributed by atoms with Gasteiger partial charge >= 0.3 is 0 Å². The Morgan fingerprint density at radius 3 is 2.57 bits per heavy atom. The Balaban J connectivity index is 1.44. The van der Waals surface area contributed by atoms with Crippen molar-refractivity contribution in [3.63, 3.8) is 0 Å². The van der Waals surface area contributed by atoms with E-state index in [4.69, 9.17) is 5.73 Å². The number of para-hydroxylation sites is 1. The van der Waals surface area contributed by atoms with Crippen molar-refractivity contribution in [1.82, 2.24) is 29.9 Å². The summed E-state index contributed by atoms with van der Waals surface area (Å²) in [6, 6.07) is 5.03. The summed E-state index contributed by atoms with van der Waals surface area (Å²) in [6.45, 7) is 1.35. The summed E-state index contributed by atoms with van der Waals surface area (Å²) in [7, 11) is 0. The van der Waals surface area contributed by atoms with Gasteiger partial charge in [0.15, 0.2) is 23.2 Å². The first-order valence-corrected chi connectivity index (χ1v) is 8.97. The quantitative estimate of drug-likeness (QED) is 0.709. The third-order valence-corrected chi connectivity index (χ3v) is 4.86.